The second-order valence-corrected chi connectivity index (χ2v) is 4.79. The van der Waals surface area contributed by atoms with Crippen molar-refractivity contribution in [3.63, 3.8) is 0 Å². The van der Waals surface area contributed by atoms with E-state index in [1.165, 1.54) is 24.4 Å². The Morgan fingerprint density at radius 2 is 1.90 bits per heavy atom. The predicted molar refractivity (Wildman–Crippen MR) is 80.0 cm³/mol. The number of benzene rings is 2. The van der Waals surface area contributed by atoms with Crippen LogP contribution in [0.25, 0.3) is 0 Å². The zero-order chi connectivity index (χ0) is 14.5. The maximum absolute atomic E-state index is 13.3. The normalized spacial score (nSPS) is 10.8. The van der Waals surface area contributed by atoms with E-state index in [4.69, 9.17) is 23.2 Å². The van der Waals surface area contributed by atoms with Crippen molar-refractivity contribution in [2.75, 3.05) is 5.32 Å². The molecule has 2 nitrogen and oxygen atoms in total. The smallest absolute Gasteiger partial charge is 0.188 e. The van der Waals surface area contributed by atoms with E-state index in [0.29, 0.717) is 16.3 Å². The van der Waals surface area contributed by atoms with Crippen LogP contribution in [0.5, 0.6) is 0 Å². The Morgan fingerprint density at radius 3 is 2.60 bits per heavy atom. The molecule has 20 heavy (non-hydrogen) atoms. The summed E-state index contributed by atoms with van der Waals surface area (Å²) in [5.74, 6) is -0.690. The van der Waals surface area contributed by atoms with Crippen molar-refractivity contribution in [1.82, 2.24) is 0 Å². The van der Waals surface area contributed by atoms with Gasteiger partial charge in [0.2, 0.25) is 0 Å². The SMILES string of the molecule is O=C(C=CNc1ccccc1F)c1ccc(Cl)cc1Cl. The van der Waals surface area contributed by atoms with Crippen molar-refractivity contribution in [1.29, 1.82) is 0 Å². The fourth-order valence-electron chi connectivity index (χ4n) is 1.56. The molecule has 0 fully saturated rings. The van der Waals surface area contributed by atoms with Gasteiger partial charge in [0, 0.05) is 22.9 Å². The van der Waals surface area contributed by atoms with Crippen molar-refractivity contribution in [3.05, 3.63) is 76.2 Å². The molecule has 1 N–H and O–H groups in total. The number of allylic oxidation sites excluding steroid dienone is 1. The van der Waals surface area contributed by atoms with Crippen LogP contribution < -0.4 is 5.32 Å². The second kappa shape index (κ2) is 6.55. The van der Waals surface area contributed by atoms with Gasteiger partial charge in [0.1, 0.15) is 5.82 Å². The Balaban J connectivity index is 2.08. The molecule has 0 aromatic heterocycles. The minimum atomic E-state index is -0.394. The summed E-state index contributed by atoms with van der Waals surface area (Å²) in [5, 5.41) is 3.43. The van der Waals surface area contributed by atoms with Crippen molar-refractivity contribution in [2.24, 2.45) is 0 Å². The van der Waals surface area contributed by atoms with Gasteiger partial charge in [-0.05, 0) is 30.3 Å². The summed E-state index contributed by atoms with van der Waals surface area (Å²) < 4.78 is 13.3. The fourth-order valence-corrected chi connectivity index (χ4v) is 2.07. The Labute approximate surface area is 125 Å². The molecule has 2 aromatic carbocycles. The first-order chi connectivity index (χ1) is 9.58. The molecule has 0 aliphatic carbocycles. The van der Waals surface area contributed by atoms with Crippen LogP contribution in [0, 0.1) is 5.82 Å². The number of carbonyl (C=O) groups excluding carboxylic acids is 1. The molecule has 0 heterocycles. The number of hydrogen-bond donors (Lipinski definition) is 1. The molecule has 102 valence electrons. The highest BCUT2D eigenvalue weighted by molar-refractivity contribution is 6.37. The van der Waals surface area contributed by atoms with Crippen LogP contribution in [0.4, 0.5) is 10.1 Å². The van der Waals surface area contributed by atoms with E-state index in [9.17, 15) is 9.18 Å². The quantitative estimate of drug-likeness (QED) is 0.640. The van der Waals surface area contributed by atoms with Gasteiger partial charge in [-0.1, -0.05) is 35.3 Å². The fraction of sp³-hybridized carbons (Fsp3) is 0. The van der Waals surface area contributed by atoms with E-state index in [2.05, 4.69) is 5.32 Å². The molecular weight excluding hydrogens is 300 g/mol. The van der Waals surface area contributed by atoms with E-state index in [0.717, 1.165) is 0 Å². The van der Waals surface area contributed by atoms with Gasteiger partial charge >= 0.3 is 0 Å². The summed E-state index contributed by atoms with van der Waals surface area (Å²) in [7, 11) is 0. The molecular formula is C15H10Cl2FNO. The average molecular weight is 310 g/mol. The van der Waals surface area contributed by atoms with E-state index < -0.39 is 5.82 Å². The third-order valence-corrected chi connectivity index (χ3v) is 3.09. The predicted octanol–water partition coefficient (Wildman–Crippen LogP) is 4.94. The second-order valence-electron chi connectivity index (χ2n) is 3.95. The van der Waals surface area contributed by atoms with Gasteiger partial charge in [0.15, 0.2) is 5.78 Å². The standard InChI is InChI=1S/C15H10Cl2FNO/c16-10-5-6-11(12(17)9-10)15(20)7-8-19-14-4-2-1-3-13(14)18/h1-9,19H. The number of halogens is 3. The van der Waals surface area contributed by atoms with Crippen LogP contribution in [0.1, 0.15) is 10.4 Å². The largest absolute Gasteiger partial charge is 0.359 e. The molecule has 0 saturated carbocycles. The van der Waals surface area contributed by atoms with Gasteiger partial charge in [0.25, 0.3) is 0 Å². The zero-order valence-electron chi connectivity index (χ0n) is 10.2. The molecule has 0 atom stereocenters. The highest BCUT2D eigenvalue weighted by atomic mass is 35.5. The van der Waals surface area contributed by atoms with E-state index >= 15 is 0 Å². The van der Waals surface area contributed by atoms with Crippen LogP contribution in [0.3, 0.4) is 0 Å². The highest BCUT2D eigenvalue weighted by Gasteiger charge is 2.07. The van der Waals surface area contributed by atoms with Gasteiger partial charge in [-0.15, -0.1) is 0 Å². The van der Waals surface area contributed by atoms with Crippen molar-refractivity contribution in [3.8, 4) is 0 Å². The highest BCUT2D eigenvalue weighted by Crippen LogP contribution is 2.21. The number of para-hydroxylation sites is 1. The first-order valence-electron chi connectivity index (χ1n) is 5.75. The summed E-state index contributed by atoms with van der Waals surface area (Å²) in [6.45, 7) is 0. The summed E-state index contributed by atoms with van der Waals surface area (Å²) in [4.78, 5) is 11.9. The molecule has 0 bridgehead atoms. The molecule has 2 aromatic rings. The van der Waals surface area contributed by atoms with Crippen LogP contribution in [-0.4, -0.2) is 5.78 Å². The topological polar surface area (TPSA) is 29.1 Å². The number of carbonyl (C=O) groups is 1. The van der Waals surface area contributed by atoms with Crippen molar-refractivity contribution >= 4 is 34.7 Å². The van der Waals surface area contributed by atoms with Crippen molar-refractivity contribution in [2.45, 2.75) is 0 Å². The molecule has 0 saturated heterocycles. The first kappa shape index (κ1) is 14.6. The number of rotatable bonds is 4. The van der Waals surface area contributed by atoms with E-state index in [-0.39, 0.29) is 10.8 Å². The summed E-state index contributed by atoms with van der Waals surface area (Å²) in [6, 6.07) is 10.8. The lowest BCUT2D eigenvalue weighted by molar-refractivity contribution is 0.104. The molecule has 0 aliphatic heterocycles. The molecule has 0 aliphatic rings. The summed E-state index contributed by atoms with van der Waals surface area (Å²) in [5.41, 5.74) is 0.626. The molecule has 2 rings (SSSR count). The lowest BCUT2D eigenvalue weighted by atomic mass is 10.1. The number of anilines is 1. The number of hydrogen-bond acceptors (Lipinski definition) is 2. The molecule has 0 unspecified atom stereocenters. The van der Waals surface area contributed by atoms with Gasteiger partial charge in [-0.3, -0.25) is 4.79 Å². The Bertz CT molecular complexity index is 671. The minimum Gasteiger partial charge on any atom is -0.359 e. The van der Waals surface area contributed by atoms with Crippen LogP contribution in [0.2, 0.25) is 10.0 Å². The monoisotopic (exact) mass is 309 g/mol. The summed E-state index contributed by atoms with van der Waals surface area (Å²) >= 11 is 11.7. The lowest BCUT2D eigenvalue weighted by Gasteiger charge is -2.02. The van der Waals surface area contributed by atoms with Gasteiger partial charge < -0.3 is 5.32 Å². The average Bonchev–Trinajstić information content (AvgIpc) is 2.40. The maximum atomic E-state index is 13.3. The van der Waals surface area contributed by atoms with E-state index in [1.807, 2.05) is 0 Å². The van der Waals surface area contributed by atoms with E-state index in [1.54, 1.807) is 30.3 Å². The van der Waals surface area contributed by atoms with Crippen LogP contribution in [0.15, 0.2) is 54.7 Å². The molecule has 0 radical (unpaired) electrons. The summed E-state index contributed by atoms with van der Waals surface area (Å²) in [6.07, 6.45) is 2.65. The third kappa shape index (κ3) is 3.59. The Kier molecular flexibility index (Phi) is 4.77. The van der Waals surface area contributed by atoms with Gasteiger partial charge in [-0.25, -0.2) is 4.39 Å². The molecule has 5 heteroatoms. The third-order valence-electron chi connectivity index (χ3n) is 2.54. The molecule has 0 amide bonds. The lowest BCUT2D eigenvalue weighted by Crippen LogP contribution is -1.98. The number of ketones is 1. The van der Waals surface area contributed by atoms with Crippen LogP contribution >= 0.6 is 23.2 Å². The Hall–Kier alpha value is -1.84. The minimum absolute atomic E-state index is 0.276. The zero-order valence-corrected chi connectivity index (χ0v) is 11.8. The molecule has 0 spiro atoms. The van der Waals surface area contributed by atoms with Crippen molar-refractivity contribution < 1.29 is 9.18 Å². The van der Waals surface area contributed by atoms with Crippen LogP contribution in [-0.2, 0) is 0 Å². The van der Waals surface area contributed by atoms with Gasteiger partial charge in [-0.2, -0.15) is 0 Å². The maximum Gasteiger partial charge on any atom is 0.188 e. The Morgan fingerprint density at radius 1 is 1.15 bits per heavy atom. The first-order valence-corrected chi connectivity index (χ1v) is 6.50. The van der Waals surface area contributed by atoms with Gasteiger partial charge in [0.05, 0.1) is 10.7 Å². The number of nitrogens with one attached hydrogen (secondary N) is 1.